The molecule has 0 radical (unpaired) electrons. The highest BCUT2D eigenvalue weighted by molar-refractivity contribution is 6.21. The van der Waals surface area contributed by atoms with Crippen LogP contribution in [0.1, 0.15) is 23.7 Å². The number of furan rings is 1. The van der Waals surface area contributed by atoms with E-state index in [-0.39, 0.29) is 12.3 Å². The highest BCUT2D eigenvalue weighted by Gasteiger charge is 2.50. The molecule has 2 aromatic heterocycles. The first-order valence-electron chi connectivity index (χ1n) is 15.4. The van der Waals surface area contributed by atoms with Crippen LogP contribution in [0.3, 0.4) is 0 Å². The Bertz CT molecular complexity index is 2220. The molecule has 44 heavy (non-hydrogen) atoms. The smallest absolute Gasteiger partial charge is 0.160 e. The maximum Gasteiger partial charge on any atom is 0.160 e. The van der Waals surface area contributed by atoms with Crippen molar-refractivity contribution < 1.29 is 4.42 Å². The number of aromatic nitrogens is 1. The minimum absolute atomic E-state index is 0.0792. The van der Waals surface area contributed by atoms with Gasteiger partial charge in [-0.25, -0.2) is 5.01 Å². The topological polar surface area (TPSA) is 50.1 Å². The number of benzene rings is 5. The van der Waals surface area contributed by atoms with Gasteiger partial charge in [0.15, 0.2) is 5.58 Å². The summed E-state index contributed by atoms with van der Waals surface area (Å²) < 4.78 is 8.88. The molecule has 9 rings (SSSR count). The van der Waals surface area contributed by atoms with E-state index in [9.17, 15) is 0 Å². The van der Waals surface area contributed by atoms with Crippen molar-refractivity contribution in [2.24, 2.45) is 11.7 Å². The van der Waals surface area contributed by atoms with E-state index in [1.807, 2.05) is 6.07 Å². The zero-order valence-corrected chi connectivity index (χ0v) is 24.3. The van der Waals surface area contributed by atoms with E-state index in [4.69, 9.17) is 10.2 Å². The molecule has 2 unspecified atom stereocenters. The summed E-state index contributed by atoms with van der Waals surface area (Å²) >= 11 is 0. The lowest BCUT2D eigenvalue weighted by atomic mass is 9.98. The molecule has 0 bridgehead atoms. The predicted molar refractivity (Wildman–Crippen MR) is 179 cm³/mol. The van der Waals surface area contributed by atoms with E-state index in [0.29, 0.717) is 5.92 Å². The molecule has 3 heterocycles. The summed E-state index contributed by atoms with van der Waals surface area (Å²) in [5.41, 5.74) is 14.6. The number of fused-ring (bicyclic) bond motifs is 7. The van der Waals surface area contributed by atoms with E-state index in [1.165, 1.54) is 27.4 Å². The van der Waals surface area contributed by atoms with E-state index in [0.717, 1.165) is 46.1 Å². The third kappa shape index (κ3) is 3.98. The van der Waals surface area contributed by atoms with Gasteiger partial charge in [-0.2, -0.15) is 5.01 Å². The Kier molecular flexibility index (Phi) is 5.85. The number of para-hydroxylation sites is 2. The Labute approximate surface area is 255 Å². The Hall–Kier alpha value is -4.94. The van der Waals surface area contributed by atoms with E-state index < -0.39 is 0 Å². The third-order valence-corrected chi connectivity index (χ3v) is 9.35. The van der Waals surface area contributed by atoms with Crippen LogP contribution in [0.5, 0.6) is 0 Å². The van der Waals surface area contributed by atoms with E-state index in [1.54, 1.807) is 0 Å². The number of hydrogen-bond donors (Lipinski definition) is 1. The first kappa shape index (κ1) is 25.5. The van der Waals surface area contributed by atoms with E-state index >= 15 is 0 Å². The first-order chi connectivity index (χ1) is 21.8. The predicted octanol–water partition coefficient (Wildman–Crippen LogP) is 8.83. The van der Waals surface area contributed by atoms with Crippen LogP contribution < -0.4 is 5.73 Å². The second kappa shape index (κ2) is 10.1. The molecule has 2 aliphatic rings. The molecular formula is C39H32N4O. The minimum Gasteiger partial charge on any atom is -0.454 e. The molecule has 0 saturated carbocycles. The van der Waals surface area contributed by atoms with Crippen LogP contribution in [0.15, 0.2) is 144 Å². The normalized spacial score (nSPS) is 21.9. The van der Waals surface area contributed by atoms with Crippen molar-refractivity contribution in [1.82, 2.24) is 14.6 Å². The maximum atomic E-state index is 6.88. The van der Waals surface area contributed by atoms with Crippen molar-refractivity contribution in [2.75, 3.05) is 0 Å². The van der Waals surface area contributed by atoms with Crippen LogP contribution in [-0.4, -0.2) is 20.8 Å². The molecule has 1 aliphatic heterocycles. The zero-order chi connectivity index (χ0) is 29.2. The van der Waals surface area contributed by atoms with Gasteiger partial charge in [0, 0.05) is 39.7 Å². The molecule has 7 aromatic rings. The van der Waals surface area contributed by atoms with Gasteiger partial charge in [-0.3, -0.25) is 0 Å². The number of hydrogen-bond acceptors (Lipinski definition) is 4. The van der Waals surface area contributed by atoms with Gasteiger partial charge in [0.25, 0.3) is 0 Å². The Morgan fingerprint density at radius 1 is 0.727 bits per heavy atom. The molecule has 2 N–H and O–H groups in total. The molecule has 1 aliphatic carbocycles. The highest BCUT2D eigenvalue weighted by Crippen LogP contribution is 2.46. The monoisotopic (exact) mass is 572 g/mol. The third-order valence-electron chi connectivity index (χ3n) is 9.35. The fourth-order valence-corrected chi connectivity index (χ4v) is 7.16. The molecule has 5 nitrogen and oxygen atoms in total. The largest absolute Gasteiger partial charge is 0.454 e. The molecule has 214 valence electrons. The summed E-state index contributed by atoms with van der Waals surface area (Å²) in [6.45, 7) is 0.792. The van der Waals surface area contributed by atoms with Crippen LogP contribution in [0.25, 0.3) is 49.4 Å². The number of rotatable bonds is 6. The standard InChI is InChI=1S/C39H32N4O/c40-38(27-11-3-1-4-12-27)43-39(28-13-5-2-6-14-28)41(43)25-26-19-21-29(22-20-26)42-34-17-9-7-15-30(34)32-23-24-33-31-16-8-10-18-35(31)44-37(33)36(32)42/h1-11,13-24,27,38-39H,12,25,40H2/t27?,38?,39-,41-,43+/m0/s1. The summed E-state index contributed by atoms with van der Waals surface area (Å²) in [7, 11) is 0. The van der Waals surface area contributed by atoms with Gasteiger partial charge in [0.1, 0.15) is 11.7 Å². The number of hydrazine groups is 1. The fourth-order valence-electron chi connectivity index (χ4n) is 7.16. The molecule has 0 amide bonds. The average Bonchev–Trinajstić information content (AvgIpc) is 3.50. The summed E-state index contributed by atoms with van der Waals surface area (Å²) in [4.78, 5) is 0. The quantitative estimate of drug-likeness (QED) is 0.202. The molecule has 5 heteroatoms. The SMILES string of the molecule is NC(C1C=CC=CC1)[N@]1[C@@H](c2ccccc2)[N@]1Cc1ccc(-n2c3ccccc3c3ccc4c5ccccc5oc4c32)cc1. The lowest BCUT2D eigenvalue weighted by molar-refractivity contribution is 0.197. The first-order valence-corrected chi connectivity index (χ1v) is 15.4. The molecule has 1 saturated heterocycles. The van der Waals surface area contributed by atoms with Gasteiger partial charge in [0.2, 0.25) is 0 Å². The van der Waals surface area contributed by atoms with Crippen LogP contribution >= 0.6 is 0 Å². The summed E-state index contributed by atoms with van der Waals surface area (Å²) in [6.07, 6.45) is 9.73. The lowest BCUT2D eigenvalue weighted by Crippen LogP contribution is -2.38. The molecule has 0 spiro atoms. The molecule has 5 aromatic carbocycles. The summed E-state index contributed by atoms with van der Waals surface area (Å²) in [5.74, 6) is 0.295. The van der Waals surface area contributed by atoms with Crippen molar-refractivity contribution in [2.45, 2.75) is 25.3 Å². The van der Waals surface area contributed by atoms with Crippen LogP contribution in [0.2, 0.25) is 0 Å². The highest BCUT2D eigenvalue weighted by atomic mass is 16.3. The fraction of sp³-hybridized carbons (Fsp3) is 0.128. The summed E-state index contributed by atoms with van der Waals surface area (Å²) in [5, 5.41) is 9.46. The molecular weight excluding hydrogens is 540 g/mol. The Balaban J connectivity index is 1.10. The van der Waals surface area contributed by atoms with Crippen molar-refractivity contribution in [3.8, 4) is 5.69 Å². The molecule has 5 atom stereocenters. The van der Waals surface area contributed by atoms with Gasteiger partial charge in [0.05, 0.1) is 17.2 Å². The second-order valence-electron chi connectivity index (χ2n) is 11.9. The minimum atomic E-state index is -0.0792. The van der Waals surface area contributed by atoms with Crippen molar-refractivity contribution >= 4 is 43.7 Å². The number of nitrogens with two attached hydrogens (primary N) is 1. The van der Waals surface area contributed by atoms with Crippen LogP contribution in [-0.2, 0) is 6.54 Å². The van der Waals surface area contributed by atoms with Crippen LogP contribution in [0, 0.1) is 5.92 Å². The average molecular weight is 573 g/mol. The van der Waals surface area contributed by atoms with Crippen molar-refractivity contribution in [3.05, 3.63) is 151 Å². The number of allylic oxidation sites excluding steroid dienone is 3. The van der Waals surface area contributed by atoms with Crippen molar-refractivity contribution in [3.63, 3.8) is 0 Å². The summed E-state index contributed by atoms with van der Waals surface area (Å²) in [6, 6.07) is 41.0. The van der Waals surface area contributed by atoms with Gasteiger partial charge in [-0.1, -0.05) is 109 Å². The van der Waals surface area contributed by atoms with Crippen LogP contribution in [0.4, 0.5) is 0 Å². The van der Waals surface area contributed by atoms with Gasteiger partial charge < -0.3 is 14.7 Å². The van der Waals surface area contributed by atoms with Gasteiger partial charge in [-0.05, 0) is 47.9 Å². The Morgan fingerprint density at radius 2 is 1.48 bits per heavy atom. The second-order valence-corrected chi connectivity index (χ2v) is 11.9. The van der Waals surface area contributed by atoms with Gasteiger partial charge in [-0.15, -0.1) is 0 Å². The maximum absolute atomic E-state index is 6.88. The number of nitrogens with zero attached hydrogens (tertiary/aromatic N) is 3. The molecule has 1 fully saturated rings. The van der Waals surface area contributed by atoms with Crippen molar-refractivity contribution in [1.29, 1.82) is 0 Å². The van der Waals surface area contributed by atoms with E-state index in [2.05, 4.69) is 148 Å². The van der Waals surface area contributed by atoms with Gasteiger partial charge >= 0.3 is 0 Å². The Morgan fingerprint density at radius 3 is 2.30 bits per heavy atom. The lowest BCUT2D eigenvalue weighted by Gasteiger charge is -2.22. The zero-order valence-electron chi connectivity index (χ0n) is 24.3.